The van der Waals surface area contributed by atoms with E-state index in [2.05, 4.69) is 11.9 Å². The smallest absolute Gasteiger partial charge is 0.255 e. The number of rotatable bonds is 2. The van der Waals surface area contributed by atoms with E-state index in [4.69, 9.17) is 5.73 Å². The summed E-state index contributed by atoms with van der Waals surface area (Å²) in [6.07, 6.45) is 6.38. The van der Waals surface area contributed by atoms with Crippen molar-refractivity contribution >= 4 is 11.6 Å². The number of nitrogen functional groups attached to an aromatic ring is 1. The molecule has 1 amide bonds. The van der Waals surface area contributed by atoms with Crippen molar-refractivity contribution < 1.29 is 4.79 Å². The maximum absolute atomic E-state index is 12.6. The number of hydrogen-bond acceptors (Lipinski definition) is 3. The molecule has 0 saturated heterocycles. The molecule has 0 bridgehead atoms. The molecule has 1 heterocycles. The van der Waals surface area contributed by atoms with Crippen molar-refractivity contribution in [2.45, 2.75) is 45.6 Å². The first-order chi connectivity index (χ1) is 9.00. The molecule has 0 radical (unpaired) electrons. The first-order valence-electron chi connectivity index (χ1n) is 7.00. The summed E-state index contributed by atoms with van der Waals surface area (Å²) in [6.45, 7) is 4.09. The number of amides is 1. The molecule has 19 heavy (non-hydrogen) atoms. The number of aryl methyl sites for hydroxylation is 1. The van der Waals surface area contributed by atoms with Crippen molar-refractivity contribution in [1.29, 1.82) is 0 Å². The van der Waals surface area contributed by atoms with E-state index in [0.717, 1.165) is 12.1 Å². The van der Waals surface area contributed by atoms with E-state index in [0.29, 0.717) is 23.2 Å². The summed E-state index contributed by atoms with van der Waals surface area (Å²) >= 11 is 0. The maximum atomic E-state index is 12.6. The van der Waals surface area contributed by atoms with Crippen molar-refractivity contribution in [3.05, 3.63) is 23.5 Å². The monoisotopic (exact) mass is 261 g/mol. The van der Waals surface area contributed by atoms with Crippen LogP contribution in [0.3, 0.4) is 0 Å². The van der Waals surface area contributed by atoms with Gasteiger partial charge in [-0.15, -0.1) is 0 Å². The van der Waals surface area contributed by atoms with Crippen LogP contribution in [0.1, 0.15) is 48.7 Å². The van der Waals surface area contributed by atoms with Crippen LogP contribution >= 0.6 is 0 Å². The fraction of sp³-hybridized carbons (Fsp3) is 0.600. The van der Waals surface area contributed by atoms with Gasteiger partial charge in [0.15, 0.2) is 0 Å². The highest BCUT2D eigenvalue weighted by molar-refractivity contribution is 5.96. The fourth-order valence-electron chi connectivity index (χ4n) is 2.98. The van der Waals surface area contributed by atoms with Crippen LogP contribution in [0, 0.1) is 12.8 Å². The molecule has 2 unspecified atom stereocenters. The lowest BCUT2D eigenvalue weighted by molar-refractivity contribution is 0.0628. The van der Waals surface area contributed by atoms with E-state index in [9.17, 15) is 4.79 Å². The van der Waals surface area contributed by atoms with E-state index in [1.54, 1.807) is 12.3 Å². The summed E-state index contributed by atoms with van der Waals surface area (Å²) in [6, 6.07) is 2.07. The number of anilines is 1. The zero-order valence-corrected chi connectivity index (χ0v) is 12.0. The van der Waals surface area contributed by atoms with Crippen molar-refractivity contribution in [3.63, 3.8) is 0 Å². The van der Waals surface area contributed by atoms with Gasteiger partial charge in [0.25, 0.3) is 5.91 Å². The molecular formula is C15H23N3O. The number of carbonyl (C=O) groups is 1. The van der Waals surface area contributed by atoms with E-state index in [1.807, 2.05) is 18.9 Å². The van der Waals surface area contributed by atoms with Crippen LogP contribution in [0.4, 0.5) is 5.69 Å². The van der Waals surface area contributed by atoms with Gasteiger partial charge in [0.1, 0.15) is 0 Å². The Morgan fingerprint density at radius 1 is 1.42 bits per heavy atom. The molecule has 0 aliphatic heterocycles. The van der Waals surface area contributed by atoms with Gasteiger partial charge in [-0.3, -0.25) is 9.78 Å². The summed E-state index contributed by atoms with van der Waals surface area (Å²) in [7, 11) is 1.90. The lowest BCUT2D eigenvalue weighted by Gasteiger charge is -2.36. The third-order valence-electron chi connectivity index (χ3n) is 4.22. The molecule has 1 saturated carbocycles. The van der Waals surface area contributed by atoms with Gasteiger partial charge < -0.3 is 10.6 Å². The summed E-state index contributed by atoms with van der Waals surface area (Å²) in [4.78, 5) is 18.6. The van der Waals surface area contributed by atoms with E-state index < -0.39 is 0 Å². The molecule has 2 N–H and O–H groups in total. The predicted octanol–water partition coefficient (Wildman–Crippen LogP) is 2.62. The van der Waals surface area contributed by atoms with Crippen LogP contribution in [0.15, 0.2) is 12.3 Å². The first kappa shape index (κ1) is 13.8. The Labute approximate surface area is 115 Å². The van der Waals surface area contributed by atoms with Crippen LogP contribution in [0.5, 0.6) is 0 Å². The Morgan fingerprint density at radius 3 is 2.79 bits per heavy atom. The molecule has 4 heteroatoms. The van der Waals surface area contributed by atoms with Crippen LogP contribution in [0.2, 0.25) is 0 Å². The highest BCUT2D eigenvalue weighted by Gasteiger charge is 2.29. The van der Waals surface area contributed by atoms with E-state index in [-0.39, 0.29) is 5.91 Å². The molecule has 0 spiro atoms. The minimum atomic E-state index is 0.0380. The Kier molecular flexibility index (Phi) is 4.08. The van der Waals surface area contributed by atoms with Crippen molar-refractivity contribution in [1.82, 2.24) is 9.88 Å². The molecular weight excluding hydrogens is 238 g/mol. The number of pyridine rings is 1. The predicted molar refractivity (Wildman–Crippen MR) is 76.9 cm³/mol. The second kappa shape index (κ2) is 5.59. The lowest BCUT2D eigenvalue weighted by Crippen LogP contribution is -2.42. The summed E-state index contributed by atoms with van der Waals surface area (Å²) < 4.78 is 0. The Bertz CT molecular complexity index is 472. The third kappa shape index (κ3) is 2.88. The Hall–Kier alpha value is -1.58. The topological polar surface area (TPSA) is 59.2 Å². The van der Waals surface area contributed by atoms with Gasteiger partial charge in [0.2, 0.25) is 0 Å². The van der Waals surface area contributed by atoms with E-state index in [1.165, 1.54) is 19.3 Å². The van der Waals surface area contributed by atoms with Gasteiger partial charge in [-0.2, -0.15) is 0 Å². The number of nitrogens with zero attached hydrogens (tertiary/aromatic N) is 2. The van der Waals surface area contributed by atoms with Gasteiger partial charge in [0, 0.05) is 13.1 Å². The van der Waals surface area contributed by atoms with Gasteiger partial charge in [-0.05, 0) is 31.7 Å². The molecule has 1 fully saturated rings. The molecule has 1 aliphatic rings. The molecule has 1 aromatic heterocycles. The summed E-state index contributed by atoms with van der Waals surface area (Å²) in [5.74, 6) is 0.605. The van der Waals surface area contributed by atoms with Crippen molar-refractivity contribution in [3.8, 4) is 0 Å². The normalized spacial score (nSPS) is 23.1. The molecule has 4 nitrogen and oxygen atoms in total. The molecule has 1 aromatic rings. The van der Waals surface area contributed by atoms with Gasteiger partial charge >= 0.3 is 0 Å². The Morgan fingerprint density at radius 2 is 2.11 bits per heavy atom. The van der Waals surface area contributed by atoms with Crippen LogP contribution < -0.4 is 5.73 Å². The van der Waals surface area contributed by atoms with Crippen molar-refractivity contribution in [2.24, 2.45) is 5.92 Å². The average Bonchev–Trinajstić information content (AvgIpc) is 2.40. The third-order valence-corrected chi connectivity index (χ3v) is 4.22. The van der Waals surface area contributed by atoms with Crippen LogP contribution in [0.25, 0.3) is 0 Å². The quantitative estimate of drug-likeness (QED) is 0.890. The zero-order chi connectivity index (χ0) is 14.0. The molecule has 2 rings (SSSR count). The second-order valence-corrected chi connectivity index (χ2v) is 5.65. The molecule has 104 valence electrons. The second-order valence-electron chi connectivity index (χ2n) is 5.65. The number of nitrogens with two attached hydrogens (primary N) is 1. The van der Waals surface area contributed by atoms with E-state index >= 15 is 0 Å². The number of carbonyl (C=O) groups excluding carboxylic acids is 1. The highest BCUT2D eigenvalue weighted by Crippen LogP contribution is 2.28. The van der Waals surface area contributed by atoms with Crippen LogP contribution in [-0.2, 0) is 0 Å². The molecule has 0 aromatic carbocycles. The number of hydrogen-bond donors (Lipinski definition) is 1. The van der Waals surface area contributed by atoms with Gasteiger partial charge in [-0.1, -0.05) is 19.8 Å². The largest absolute Gasteiger partial charge is 0.397 e. The number of aromatic nitrogens is 1. The summed E-state index contributed by atoms with van der Waals surface area (Å²) in [5, 5.41) is 0. The van der Waals surface area contributed by atoms with Crippen molar-refractivity contribution in [2.75, 3.05) is 12.8 Å². The van der Waals surface area contributed by atoms with Gasteiger partial charge in [-0.25, -0.2) is 0 Å². The zero-order valence-electron chi connectivity index (χ0n) is 12.0. The molecule has 1 aliphatic carbocycles. The van der Waals surface area contributed by atoms with Crippen LogP contribution in [-0.4, -0.2) is 28.9 Å². The van der Waals surface area contributed by atoms with Gasteiger partial charge in [0.05, 0.1) is 23.1 Å². The molecule has 2 atom stereocenters. The standard InChI is InChI=1S/C15H23N3O/c1-10-6-4-5-7-14(10)18(3)15(19)13-8-12(16)9-17-11(13)2/h8-10,14H,4-7,16H2,1-3H3. The average molecular weight is 261 g/mol. The minimum absolute atomic E-state index is 0.0380. The highest BCUT2D eigenvalue weighted by atomic mass is 16.2. The summed E-state index contributed by atoms with van der Waals surface area (Å²) in [5.41, 5.74) is 7.65. The Balaban J connectivity index is 2.20. The SMILES string of the molecule is Cc1ncc(N)cc1C(=O)N(C)C1CCCCC1C. The maximum Gasteiger partial charge on any atom is 0.255 e. The first-order valence-corrected chi connectivity index (χ1v) is 7.00. The lowest BCUT2D eigenvalue weighted by atomic mass is 9.85. The minimum Gasteiger partial charge on any atom is -0.397 e. The fourth-order valence-corrected chi connectivity index (χ4v) is 2.98.